The Labute approximate surface area is 153 Å². The van der Waals surface area contributed by atoms with E-state index in [-0.39, 0.29) is 24.0 Å². The first-order valence-corrected chi connectivity index (χ1v) is 9.34. The topological polar surface area (TPSA) is 90.1 Å². The maximum absolute atomic E-state index is 12.4. The maximum atomic E-state index is 12.4. The van der Waals surface area contributed by atoms with E-state index >= 15 is 0 Å². The second-order valence-corrected chi connectivity index (χ2v) is 6.96. The van der Waals surface area contributed by atoms with Crippen LogP contribution in [0.1, 0.15) is 64.8 Å². The quantitative estimate of drug-likeness (QED) is 0.812. The normalized spacial score (nSPS) is 16.0. The van der Waals surface area contributed by atoms with Crippen LogP contribution in [0, 0.1) is 5.92 Å². The number of hydrogen-bond donors (Lipinski definition) is 1. The van der Waals surface area contributed by atoms with E-state index < -0.39 is 0 Å². The first-order chi connectivity index (χ1) is 12.6. The van der Waals surface area contributed by atoms with Crippen LogP contribution in [-0.4, -0.2) is 27.1 Å². The van der Waals surface area contributed by atoms with Crippen molar-refractivity contribution in [1.82, 2.24) is 20.4 Å². The lowest BCUT2D eigenvalue weighted by Crippen LogP contribution is -2.32. The minimum atomic E-state index is -0.266. The van der Waals surface area contributed by atoms with Gasteiger partial charge in [0, 0.05) is 23.7 Å². The fourth-order valence-electron chi connectivity index (χ4n) is 3.16. The molecule has 2 aromatic rings. The molecule has 0 aromatic carbocycles. The first-order valence-electron chi connectivity index (χ1n) is 9.34. The molecule has 7 heteroatoms. The Morgan fingerprint density at radius 3 is 2.85 bits per heavy atom. The molecule has 1 aliphatic carbocycles. The summed E-state index contributed by atoms with van der Waals surface area (Å²) in [5, 5.41) is 7.11. The van der Waals surface area contributed by atoms with Crippen molar-refractivity contribution >= 4 is 5.91 Å². The Kier molecular flexibility index (Phi) is 5.85. The van der Waals surface area contributed by atoms with Gasteiger partial charge >= 0.3 is 0 Å². The molecule has 1 aliphatic rings. The van der Waals surface area contributed by atoms with E-state index in [1.54, 1.807) is 18.3 Å². The van der Waals surface area contributed by atoms with Crippen LogP contribution in [0.4, 0.5) is 0 Å². The van der Waals surface area contributed by atoms with Crippen molar-refractivity contribution in [2.45, 2.75) is 65.0 Å². The molecule has 0 aliphatic heterocycles. The van der Waals surface area contributed by atoms with E-state index in [4.69, 9.17) is 9.26 Å². The molecule has 0 saturated heterocycles. The van der Waals surface area contributed by atoms with E-state index in [0.29, 0.717) is 24.0 Å². The minimum absolute atomic E-state index is 0.0360. The predicted molar refractivity (Wildman–Crippen MR) is 96.4 cm³/mol. The number of ether oxygens (including phenoxy) is 1. The molecule has 0 bridgehead atoms. The Bertz CT molecular complexity index is 738. The van der Waals surface area contributed by atoms with Gasteiger partial charge in [-0.05, 0) is 39.2 Å². The van der Waals surface area contributed by atoms with Crippen LogP contribution in [0.2, 0.25) is 0 Å². The Morgan fingerprint density at radius 1 is 1.38 bits per heavy atom. The Morgan fingerprint density at radius 2 is 2.15 bits per heavy atom. The van der Waals surface area contributed by atoms with Crippen molar-refractivity contribution in [3.63, 3.8) is 0 Å². The SMILES string of the molecule is CC[C@H](NC(=O)C1CCCC1)c1nc(-c2ccnc(OC(C)C)c2)no1. The zero-order chi connectivity index (χ0) is 18.5. The number of carbonyl (C=O) groups is 1. The summed E-state index contributed by atoms with van der Waals surface area (Å²) in [7, 11) is 0. The van der Waals surface area contributed by atoms with E-state index in [1.807, 2.05) is 20.8 Å². The standard InChI is InChI=1S/C19H26N4O3/c1-4-15(21-18(24)13-7-5-6-8-13)19-22-17(23-26-19)14-9-10-20-16(11-14)25-12(2)3/h9-13,15H,4-8H2,1-3H3,(H,21,24)/t15-/m0/s1. The summed E-state index contributed by atoms with van der Waals surface area (Å²) in [4.78, 5) is 21.0. The number of carbonyl (C=O) groups excluding carboxylic acids is 1. The number of nitrogens with zero attached hydrogens (tertiary/aromatic N) is 3. The molecule has 1 saturated carbocycles. The molecular weight excluding hydrogens is 332 g/mol. The number of pyridine rings is 1. The Hall–Kier alpha value is -2.44. The average molecular weight is 358 g/mol. The molecule has 2 aromatic heterocycles. The van der Waals surface area contributed by atoms with Gasteiger partial charge in [-0.15, -0.1) is 0 Å². The van der Waals surface area contributed by atoms with Crippen LogP contribution in [0.15, 0.2) is 22.9 Å². The number of aromatic nitrogens is 3. The van der Waals surface area contributed by atoms with Gasteiger partial charge in [-0.2, -0.15) is 4.98 Å². The molecule has 0 radical (unpaired) electrons. The van der Waals surface area contributed by atoms with Crippen LogP contribution >= 0.6 is 0 Å². The zero-order valence-corrected chi connectivity index (χ0v) is 15.6. The molecule has 1 atom stereocenters. The summed E-state index contributed by atoms with van der Waals surface area (Å²) >= 11 is 0. The Balaban J connectivity index is 1.72. The molecule has 3 rings (SSSR count). The van der Waals surface area contributed by atoms with Crippen molar-refractivity contribution in [3.05, 3.63) is 24.2 Å². The van der Waals surface area contributed by atoms with Crippen LogP contribution in [-0.2, 0) is 4.79 Å². The molecule has 140 valence electrons. The van der Waals surface area contributed by atoms with Gasteiger partial charge in [0.1, 0.15) is 6.04 Å². The summed E-state index contributed by atoms with van der Waals surface area (Å²) in [5.74, 6) is 1.61. The van der Waals surface area contributed by atoms with E-state index in [1.165, 1.54) is 0 Å². The van der Waals surface area contributed by atoms with Crippen LogP contribution in [0.5, 0.6) is 5.88 Å². The van der Waals surface area contributed by atoms with Crippen LogP contribution in [0.25, 0.3) is 11.4 Å². The van der Waals surface area contributed by atoms with Gasteiger partial charge in [0.05, 0.1) is 6.10 Å². The van der Waals surface area contributed by atoms with Crippen molar-refractivity contribution in [2.75, 3.05) is 0 Å². The van der Waals surface area contributed by atoms with Gasteiger partial charge in [0.25, 0.3) is 0 Å². The lowest BCUT2D eigenvalue weighted by atomic mass is 10.1. The lowest BCUT2D eigenvalue weighted by molar-refractivity contribution is -0.125. The highest BCUT2D eigenvalue weighted by Gasteiger charge is 2.27. The second kappa shape index (κ2) is 8.29. The number of amides is 1. The molecule has 26 heavy (non-hydrogen) atoms. The molecule has 2 heterocycles. The largest absolute Gasteiger partial charge is 0.475 e. The average Bonchev–Trinajstić information content (AvgIpc) is 3.31. The third-order valence-corrected chi connectivity index (χ3v) is 4.54. The summed E-state index contributed by atoms with van der Waals surface area (Å²) in [6.07, 6.45) is 6.57. The highest BCUT2D eigenvalue weighted by atomic mass is 16.5. The molecule has 1 N–H and O–H groups in total. The van der Waals surface area contributed by atoms with Gasteiger partial charge in [-0.1, -0.05) is 24.9 Å². The van der Waals surface area contributed by atoms with Gasteiger partial charge in [0.15, 0.2) is 0 Å². The smallest absolute Gasteiger partial charge is 0.249 e. The fraction of sp³-hybridized carbons (Fsp3) is 0.579. The van der Waals surface area contributed by atoms with E-state index in [9.17, 15) is 4.79 Å². The summed E-state index contributed by atoms with van der Waals surface area (Å²) in [6, 6.07) is 3.32. The molecule has 1 amide bonds. The summed E-state index contributed by atoms with van der Waals surface area (Å²) in [6.45, 7) is 5.88. The third kappa shape index (κ3) is 4.39. The molecule has 0 spiro atoms. The van der Waals surface area contributed by atoms with E-state index in [2.05, 4.69) is 20.4 Å². The van der Waals surface area contributed by atoms with Crippen molar-refractivity contribution in [2.24, 2.45) is 5.92 Å². The van der Waals surface area contributed by atoms with Crippen molar-refractivity contribution < 1.29 is 14.1 Å². The van der Waals surface area contributed by atoms with E-state index in [0.717, 1.165) is 31.2 Å². The lowest BCUT2D eigenvalue weighted by Gasteiger charge is -2.16. The monoisotopic (exact) mass is 358 g/mol. The minimum Gasteiger partial charge on any atom is -0.475 e. The molecule has 0 unspecified atom stereocenters. The van der Waals surface area contributed by atoms with Crippen LogP contribution in [0.3, 0.4) is 0 Å². The zero-order valence-electron chi connectivity index (χ0n) is 15.6. The van der Waals surface area contributed by atoms with Crippen LogP contribution < -0.4 is 10.1 Å². The van der Waals surface area contributed by atoms with Gasteiger partial charge in [-0.25, -0.2) is 4.98 Å². The van der Waals surface area contributed by atoms with Gasteiger partial charge < -0.3 is 14.6 Å². The number of hydrogen-bond acceptors (Lipinski definition) is 6. The predicted octanol–water partition coefficient (Wildman–Crippen LogP) is 3.68. The summed E-state index contributed by atoms with van der Waals surface area (Å²) in [5.41, 5.74) is 0.766. The van der Waals surface area contributed by atoms with Gasteiger partial charge in [-0.3, -0.25) is 4.79 Å². The second-order valence-electron chi connectivity index (χ2n) is 6.96. The summed E-state index contributed by atoms with van der Waals surface area (Å²) < 4.78 is 11.0. The number of rotatable bonds is 7. The highest BCUT2D eigenvalue weighted by molar-refractivity contribution is 5.79. The molecule has 1 fully saturated rings. The highest BCUT2D eigenvalue weighted by Crippen LogP contribution is 2.27. The van der Waals surface area contributed by atoms with Crippen molar-refractivity contribution in [3.8, 4) is 17.3 Å². The maximum Gasteiger partial charge on any atom is 0.249 e. The molecule has 7 nitrogen and oxygen atoms in total. The first kappa shape index (κ1) is 18.4. The fourth-order valence-corrected chi connectivity index (χ4v) is 3.16. The molecular formula is C19H26N4O3. The number of nitrogens with one attached hydrogen (secondary N) is 1. The van der Waals surface area contributed by atoms with Gasteiger partial charge in [0.2, 0.25) is 23.5 Å². The van der Waals surface area contributed by atoms with Crippen molar-refractivity contribution in [1.29, 1.82) is 0 Å². The third-order valence-electron chi connectivity index (χ3n) is 4.54.